The number of aromatic nitrogens is 2. The zero-order valence-corrected chi connectivity index (χ0v) is 11.3. The summed E-state index contributed by atoms with van der Waals surface area (Å²) in [6, 6.07) is 4.87. The third-order valence-electron chi connectivity index (χ3n) is 2.90. The minimum Gasteiger partial charge on any atom is -0.320 e. The van der Waals surface area contributed by atoms with Crippen molar-refractivity contribution in [1.29, 1.82) is 0 Å². The molecule has 0 radical (unpaired) electrons. The van der Waals surface area contributed by atoms with E-state index in [-0.39, 0.29) is 0 Å². The fourth-order valence-corrected chi connectivity index (χ4v) is 2.05. The van der Waals surface area contributed by atoms with Gasteiger partial charge in [0.25, 0.3) is 0 Å². The number of hydrogen-bond acceptors (Lipinski definition) is 4. The van der Waals surface area contributed by atoms with E-state index in [0.29, 0.717) is 23.6 Å². The number of nitrogens with zero attached hydrogens (tertiary/aromatic N) is 2. The fraction of sp³-hybridized carbons (Fsp3) is 0.286. The van der Waals surface area contributed by atoms with Crippen molar-refractivity contribution in [3.63, 3.8) is 0 Å². The number of nitro groups is 1. The van der Waals surface area contributed by atoms with Crippen molar-refractivity contribution in [3.05, 3.63) is 56.8 Å². The summed E-state index contributed by atoms with van der Waals surface area (Å²) in [6.45, 7) is 4.05. The van der Waals surface area contributed by atoms with E-state index in [2.05, 4.69) is 9.97 Å². The Kier molecular flexibility index (Phi) is 3.93. The summed E-state index contributed by atoms with van der Waals surface area (Å²) in [7, 11) is 0. The van der Waals surface area contributed by atoms with Crippen molar-refractivity contribution in [3.8, 4) is 11.1 Å². The molecule has 2 aromatic heterocycles. The molecule has 0 unspecified atom stereocenters. The highest BCUT2D eigenvalue weighted by Crippen LogP contribution is 2.25. The first-order chi connectivity index (χ1) is 9.49. The molecule has 2 aromatic rings. The van der Waals surface area contributed by atoms with Gasteiger partial charge >= 0.3 is 11.2 Å². The topological polar surface area (TPSA) is 88.9 Å². The molecular weight excluding hydrogens is 258 g/mol. The molecule has 2 rings (SSSR count). The van der Waals surface area contributed by atoms with Crippen LogP contribution in [0.15, 0.2) is 35.4 Å². The van der Waals surface area contributed by atoms with Crippen LogP contribution in [-0.2, 0) is 6.42 Å². The first-order valence-electron chi connectivity index (χ1n) is 6.30. The average molecular weight is 273 g/mol. The third-order valence-corrected chi connectivity index (χ3v) is 2.90. The molecule has 0 aliphatic carbocycles. The molecule has 0 aromatic carbocycles. The van der Waals surface area contributed by atoms with E-state index in [0.717, 1.165) is 5.56 Å². The van der Waals surface area contributed by atoms with Gasteiger partial charge in [-0.1, -0.05) is 13.8 Å². The first kappa shape index (κ1) is 13.9. The third kappa shape index (κ3) is 2.90. The molecule has 20 heavy (non-hydrogen) atoms. The van der Waals surface area contributed by atoms with Crippen LogP contribution in [0.3, 0.4) is 0 Å². The molecule has 104 valence electrons. The summed E-state index contributed by atoms with van der Waals surface area (Å²) in [4.78, 5) is 28.6. The second-order valence-corrected chi connectivity index (χ2v) is 4.97. The molecule has 0 spiro atoms. The summed E-state index contributed by atoms with van der Waals surface area (Å²) >= 11 is 0. The van der Waals surface area contributed by atoms with Crippen LogP contribution < -0.4 is 5.56 Å². The van der Waals surface area contributed by atoms with Crippen molar-refractivity contribution < 1.29 is 4.92 Å². The van der Waals surface area contributed by atoms with E-state index in [4.69, 9.17) is 0 Å². The van der Waals surface area contributed by atoms with Crippen molar-refractivity contribution in [2.24, 2.45) is 5.92 Å². The maximum atomic E-state index is 11.7. The SMILES string of the molecule is CC(C)Cc1[nH]c(=O)c([N+](=O)[O-])cc1-c1ccncc1. The Labute approximate surface area is 115 Å². The van der Waals surface area contributed by atoms with Crippen LogP contribution >= 0.6 is 0 Å². The largest absolute Gasteiger partial charge is 0.334 e. The van der Waals surface area contributed by atoms with E-state index < -0.39 is 16.2 Å². The number of H-pyrrole nitrogens is 1. The molecule has 0 atom stereocenters. The van der Waals surface area contributed by atoms with Gasteiger partial charge in [0.15, 0.2) is 0 Å². The van der Waals surface area contributed by atoms with E-state index in [1.54, 1.807) is 24.5 Å². The van der Waals surface area contributed by atoms with Gasteiger partial charge in [0.05, 0.1) is 4.92 Å². The number of nitrogens with one attached hydrogen (secondary N) is 1. The molecule has 6 nitrogen and oxygen atoms in total. The summed E-state index contributed by atoms with van der Waals surface area (Å²) in [6.07, 6.45) is 3.88. The Balaban J connectivity index is 2.65. The molecule has 0 saturated carbocycles. The molecule has 0 saturated heterocycles. The predicted octanol–water partition coefficient (Wildman–Crippen LogP) is 2.54. The fourth-order valence-electron chi connectivity index (χ4n) is 2.05. The molecule has 0 fully saturated rings. The molecule has 0 amide bonds. The van der Waals surface area contributed by atoms with E-state index in [1.807, 2.05) is 13.8 Å². The molecule has 1 N–H and O–H groups in total. The van der Waals surface area contributed by atoms with Gasteiger partial charge in [-0.05, 0) is 30.0 Å². The van der Waals surface area contributed by atoms with Gasteiger partial charge in [-0.2, -0.15) is 0 Å². The molecular formula is C14H15N3O3. The van der Waals surface area contributed by atoms with E-state index >= 15 is 0 Å². The highest BCUT2D eigenvalue weighted by atomic mass is 16.6. The van der Waals surface area contributed by atoms with Crippen LogP contribution in [0.5, 0.6) is 0 Å². The van der Waals surface area contributed by atoms with Crippen LogP contribution in [0, 0.1) is 16.0 Å². The normalized spacial score (nSPS) is 10.8. The van der Waals surface area contributed by atoms with Crippen molar-refractivity contribution >= 4 is 5.69 Å². The van der Waals surface area contributed by atoms with Crippen molar-refractivity contribution in [2.45, 2.75) is 20.3 Å². The Morgan fingerprint density at radius 1 is 1.35 bits per heavy atom. The maximum absolute atomic E-state index is 11.7. The Hall–Kier alpha value is -2.50. The minimum absolute atomic E-state index is 0.327. The molecule has 6 heteroatoms. The van der Waals surface area contributed by atoms with Gasteiger partial charge in [0.2, 0.25) is 0 Å². The Morgan fingerprint density at radius 2 is 2.00 bits per heavy atom. The predicted molar refractivity (Wildman–Crippen MR) is 75.5 cm³/mol. The van der Waals surface area contributed by atoms with E-state index in [1.165, 1.54) is 6.07 Å². The van der Waals surface area contributed by atoms with Crippen LogP contribution in [0.25, 0.3) is 11.1 Å². The van der Waals surface area contributed by atoms with Crippen molar-refractivity contribution in [1.82, 2.24) is 9.97 Å². The Bertz CT molecular complexity index is 678. The summed E-state index contributed by atoms with van der Waals surface area (Å²) in [5.41, 5.74) is 1.08. The lowest BCUT2D eigenvalue weighted by Crippen LogP contribution is -2.15. The number of rotatable bonds is 4. The average Bonchev–Trinajstić information content (AvgIpc) is 2.38. The first-order valence-corrected chi connectivity index (χ1v) is 6.30. The van der Waals surface area contributed by atoms with Gasteiger partial charge in [-0.15, -0.1) is 0 Å². The zero-order chi connectivity index (χ0) is 14.7. The second kappa shape index (κ2) is 5.64. The van der Waals surface area contributed by atoms with Gasteiger partial charge < -0.3 is 4.98 Å². The standard InChI is InChI=1S/C14H15N3O3/c1-9(2)7-12-11(10-3-5-15-6-4-10)8-13(17(19)20)14(18)16-12/h3-6,8-9H,7H2,1-2H3,(H,16,18). The minimum atomic E-state index is -0.664. The zero-order valence-electron chi connectivity index (χ0n) is 11.3. The van der Waals surface area contributed by atoms with Crippen LogP contribution in [-0.4, -0.2) is 14.9 Å². The van der Waals surface area contributed by atoms with Gasteiger partial charge in [-0.25, -0.2) is 0 Å². The number of hydrogen-bond donors (Lipinski definition) is 1. The lowest BCUT2D eigenvalue weighted by atomic mass is 9.98. The highest BCUT2D eigenvalue weighted by Gasteiger charge is 2.18. The highest BCUT2D eigenvalue weighted by molar-refractivity contribution is 5.67. The molecule has 2 heterocycles. The quantitative estimate of drug-likeness (QED) is 0.684. The lowest BCUT2D eigenvalue weighted by Gasteiger charge is -2.11. The van der Waals surface area contributed by atoms with Crippen LogP contribution in [0.1, 0.15) is 19.5 Å². The molecule has 0 aliphatic rings. The molecule has 0 aliphatic heterocycles. The lowest BCUT2D eigenvalue weighted by molar-refractivity contribution is -0.386. The summed E-state index contributed by atoms with van der Waals surface area (Å²) in [5.74, 6) is 0.327. The van der Waals surface area contributed by atoms with Crippen LogP contribution in [0.2, 0.25) is 0 Å². The van der Waals surface area contributed by atoms with Gasteiger partial charge in [0.1, 0.15) is 0 Å². The van der Waals surface area contributed by atoms with E-state index in [9.17, 15) is 14.9 Å². The summed E-state index contributed by atoms with van der Waals surface area (Å²) in [5, 5.41) is 10.9. The van der Waals surface area contributed by atoms with Crippen LogP contribution in [0.4, 0.5) is 5.69 Å². The van der Waals surface area contributed by atoms with Gasteiger partial charge in [-0.3, -0.25) is 19.9 Å². The van der Waals surface area contributed by atoms with Gasteiger partial charge in [0, 0.05) is 29.7 Å². The number of pyridine rings is 2. The molecule has 0 bridgehead atoms. The second-order valence-electron chi connectivity index (χ2n) is 4.97. The van der Waals surface area contributed by atoms with Crippen molar-refractivity contribution in [2.75, 3.05) is 0 Å². The number of aromatic amines is 1. The smallest absolute Gasteiger partial charge is 0.320 e. The Morgan fingerprint density at radius 3 is 2.55 bits per heavy atom. The summed E-state index contributed by atoms with van der Waals surface area (Å²) < 4.78 is 0. The maximum Gasteiger partial charge on any atom is 0.334 e. The monoisotopic (exact) mass is 273 g/mol.